The second kappa shape index (κ2) is 10.7. The second-order valence-electron chi connectivity index (χ2n) is 9.84. The van der Waals surface area contributed by atoms with Crippen molar-refractivity contribution in [2.75, 3.05) is 37.3 Å². The van der Waals surface area contributed by atoms with E-state index in [9.17, 15) is 9.90 Å². The maximum absolute atomic E-state index is 12.2. The van der Waals surface area contributed by atoms with Crippen LogP contribution in [0.25, 0.3) is 0 Å². The minimum absolute atomic E-state index is 0.0664. The number of nitrogens with two attached hydrogens (primary N) is 1. The molecule has 9 heteroatoms. The van der Waals surface area contributed by atoms with Gasteiger partial charge in [-0.05, 0) is 56.3 Å². The summed E-state index contributed by atoms with van der Waals surface area (Å²) in [7, 11) is 2.13. The van der Waals surface area contributed by atoms with Crippen LogP contribution < -0.4 is 21.7 Å². The van der Waals surface area contributed by atoms with E-state index in [1.165, 1.54) is 5.56 Å². The smallest absolute Gasteiger partial charge is 0.271 e. The molecule has 184 valence electrons. The summed E-state index contributed by atoms with van der Waals surface area (Å²) in [5, 5.41) is 20.2. The topological polar surface area (TPSA) is 128 Å². The third kappa shape index (κ3) is 5.84. The molecule has 1 saturated heterocycles. The van der Waals surface area contributed by atoms with Gasteiger partial charge in [-0.1, -0.05) is 26.0 Å². The van der Waals surface area contributed by atoms with Gasteiger partial charge in [0.1, 0.15) is 0 Å². The molecule has 9 nitrogen and oxygen atoms in total. The van der Waals surface area contributed by atoms with Gasteiger partial charge in [0.25, 0.3) is 5.91 Å². The van der Waals surface area contributed by atoms with Crippen LogP contribution >= 0.6 is 0 Å². The predicted octanol–water partition coefficient (Wildman–Crippen LogP) is 2.73. The number of carbonyl (C=O) groups is 1. The molecule has 0 spiro atoms. The lowest BCUT2D eigenvalue weighted by atomic mass is 9.93. The molecule has 1 aliphatic heterocycles. The number of carbonyl (C=O) groups excluding carboxylic acids is 1. The standard InChI is InChI=1S/C25H37N7O2/c1-15(2)21-24(28-18-8-10-19(33)11-9-18)31-25(22(30-21)23(26)34)29-17-6-4-16(5-7-17)20-14-32(3)13-12-27-20/h4-7,15,18-20,27,33H,8-14H2,1-3H3,(H2,26,34)(H2,28,29,31). The molecule has 0 bridgehead atoms. The summed E-state index contributed by atoms with van der Waals surface area (Å²) in [6.07, 6.45) is 3.05. The van der Waals surface area contributed by atoms with Gasteiger partial charge < -0.3 is 31.7 Å². The Bertz CT molecular complexity index is 988. The van der Waals surface area contributed by atoms with E-state index < -0.39 is 5.91 Å². The highest BCUT2D eigenvalue weighted by molar-refractivity contribution is 5.96. The third-order valence-corrected chi connectivity index (χ3v) is 6.69. The molecule has 1 amide bonds. The maximum Gasteiger partial charge on any atom is 0.271 e. The lowest BCUT2D eigenvalue weighted by molar-refractivity contribution is 0.0995. The first-order valence-electron chi connectivity index (χ1n) is 12.3. The number of hydrogen-bond donors (Lipinski definition) is 5. The Morgan fingerprint density at radius 3 is 2.47 bits per heavy atom. The Kier molecular flexibility index (Phi) is 7.65. The lowest BCUT2D eigenvalue weighted by Crippen LogP contribution is -2.43. The number of primary amides is 1. The van der Waals surface area contributed by atoms with Gasteiger partial charge in [-0.3, -0.25) is 4.79 Å². The largest absolute Gasteiger partial charge is 0.393 e. The van der Waals surface area contributed by atoms with Crippen LogP contribution in [0.2, 0.25) is 0 Å². The van der Waals surface area contributed by atoms with E-state index in [2.05, 4.69) is 45.0 Å². The second-order valence-corrected chi connectivity index (χ2v) is 9.84. The van der Waals surface area contributed by atoms with Gasteiger partial charge in [-0.25, -0.2) is 9.97 Å². The molecule has 1 saturated carbocycles. The van der Waals surface area contributed by atoms with E-state index in [-0.39, 0.29) is 23.8 Å². The Labute approximate surface area is 201 Å². The van der Waals surface area contributed by atoms with Crippen molar-refractivity contribution >= 4 is 23.2 Å². The zero-order valence-electron chi connectivity index (χ0n) is 20.3. The molecule has 6 N–H and O–H groups in total. The first-order chi connectivity index (χ1) is 16.3. The van der Waals surface area contributed by atoms with Crippen molar-refractivity contribution in [3.8, 4) is 0 Å². The summed E-state index contributed by atoms with van der Waals surface area (Å²) in [5.74, 6) is 0.459. The average Bonchev–Trinajstić information content (AvgIpc) is 2.81. The number of aliphatic hydroxyl groups excluding tert-OH is 1. The van der Waals surface area contributed by atoms with Gasteiger partial charge >= 0.3 is 0 Å². The summed E-state index contributed by atoms with van der Waals surface area (Å²) in [5.41, 5.74) is 8.56. The number of rotatable bonds is 7. The number of nitrogens with one attached hydrogen (secondary N) is 3. The van der Waals surface area contributed by atoms with Crippen molar-refractivity contribution in [1.82, 2.24) is 20.2 Å². The summed E-state index contributed by atoms with van der Waals surface area (Å²) in [6.45, 7) is 7.03. The SMILES string of the molecule is CC(C)c1nc(C(N)=O)c(Nc2ccc(C3CN(C)CCN3)cc2)nc1NC1CCC(O)CC1. The van der Waals surface area contributed by atoms with Crippen molar-refractivity contribution in [2.24, 2.45) is 5.73 Å². The summed E-state index contributed by atoms with van der Waals surface area (Å²) >= 11 is 0. The molecule has 1 atom stereocenters. The van der Waals surface area contributed by atoms with Crippen LogP contribution in [0.3, 0.4) is 0 Å². The van der Waals surface area contributed by atoms with E-state index >= 15 is 0 Å². The molecule has 2 aromatic rings. The highest BCUT2D eigenvalue weighted by Crippen LogP contribution is 2.30. The lowest BCUT2D eigenvalue weighted by Gasteiger charge is -2.31. The summed E-state index contributed by atoms with van der Waals surface area (Å²) in [4.78, 5) is 24.0. The minimum atomic E-state index is -0.615. The van der Waals surface area contributed by atoms with Crippen LogP contribution in [-0.2, 0) is 0 Å². The van der Waals surface area contributed by atoms with Gasteiger partial charge in [-0.2, -0.15) is 0 Å². The van der Waals surface area contributed by atoms with Crippen molar-refractivity contribution < 1.29 is 9.90 Å². The molecule has 2 aliphatic rings. The fourth-order valence-electron chi connectivity index (χ4n) is 4.69. The summed E-state index contributed by atoms with van der Waals surface area (Å²) in [6, 6.07) is 8.66. The van der Waals surface area contributed by atoms with Crippen LogP contribution in [0.4, 0.5) is 17.3 Å². The van der Waals surface area contributed by atoms with E-state index in [0.717, 1.165) is 51.0 Å². The highest BCUT2D eigenvalue weighted by atomic mass is 16.3. The first-order valence-corrected chi connectivity index (χ1v) is 12.3. The van der Waals surface area contributed by atoms with Crippen LogP contribution in [0.15, 0.2) is 24.3 Å². The molecule has 0 radical (unpaired) electrons. The predicted molar refractivity (Wildman–Crippen MR) is 134 cm³/mol. The van der Waals surface area contributed by atoms with Crippen LogP contribution in [0, 0.1) is 0 Å². The number of benzene rings is 1. The number of aromatic nitrogens is 2. The van der Waals surface area contributed by atoms with Crippen LogP contribution in [0.5, 0.6) is 0 Å². The van der Waals surface area contributed by atoms with E-state index in [0.29, 0.717) is 23.4 Å². The van der Waals surface area contributed by atoms with Crippen LogP contribution in [0.1, 0.15) is 73.2 Å². The number of amides is 1. The monoisotopic (exact) mass is 467 g/mol. The van der Waals surface area contributed by atoms with Gasteiger partial charge in [0, 0.05) is 37.4 Å². The number of aliphatic hydroxyl groups is 1. The molecule has 1 unspecified atom stereocenters. The third-order valence-electron chi connectivity index (χ3n) is 6.69. The molecular weight excluding hydrogens is 430 g/mol. The molecule has 4 rings (SSSR count). The summed E-state index contributed by atoms with van der Waals surface area (Å²) < 4.78 is 0. The quantitative estimate of drug-likeness (QED) is 0.420. The van der Waals surface area contributed by atoms with E-state index in [1.807, 2.05) is 26.0 Å². The molecule has 34 heavy (non-hydrogen) atoms. The molecular formula is C25H37N7O2. The zero-order chi connectivity index (χ0) is 24.2. The first kappa shape index (κ1) is 24.4. The molecule has 2 heterocycles. The Morgan fingerprint density at radius 1 is 1.15 bits per heavy atom. The fraction of sp³-hybridized carbons (Fsp3) is 0.560. The van der Waals surface area contributed by atoms with Gasteiger partial charge in [0.15, 0.2) is 17.3 Å². The molecule has 1 aromatic heterocycles. The van der Waals surface area contributed by atoms with Gasteiger partial charge in [0.2, 0.25) is 0 Å². The number of anilines is 3. The maximum atomic E-state index is 12.2. The average molecular weight is 468 g/mol. The molecule has 1 aromatic carbocycles. The minimum Gasteiger partial charge on any atom is -0.393 e. The Balaban J connectivity index is 1.57. The normalized spacial score (nSPS) is 23.6. The van der Waals surface area contributed by atoms with Crippen molar-refractivity contribution in [2.45, 2.75) is 63.6 Å². The van der Waals surface area contributed by atoms with Crippen LogP contribution in [-0.4, -0.2) is 64.7 Å². The zero-order valence-corrected chi connectivity index (χ0v) is 20.3. The van der Waals surface area contributed by atoms with Crippen molar-refractivity contribution in [1.29, 1.82) is 0 Å². The van der Waals surface area contributed by atoms with Crippen molar-refractivity contribution in [3.05, 3.63) is 41.2 Å². The van der Waals surface area contributed by atoms with E-state index in [1.54, 1.807) is 0 Å². The number of piperazine rings is 1. The van der Waals surface area contributed by atoms with Gasteiger partial charge in [0.05, 0.1) is 11.8 Å². The highest BCUT2D eigenvalue weighted by Gasteiger charge is 2.24. The Hall–Kier alpha value is -2.75. The molecule has 2 fully saturated rings. The molecule has 1 aliphatic carbocycles. The van der Waals surface area contributed by atoms with E-state index in [4.69, 9.17) is 10.7 Å². The number of hydrogen-bond acceptors (Lipinski definition) is 8. The van der Waals surface area contributed by atoms with Gasteiger partial charge in [-0.15, -0.1) is 0 Å². The van der Waals surface area contributed by atoms with Crippen molar-refractivity contribution in [3.63, 3.8) is 0 Å². The Morgan fingerprint density at radius 2 is 1.85 bits per heavy atom. The number of likely N-dealkylation sites (N-methyl/N-ethyl adjacent to an activating group) is 1. The number of nitrogens with zero attached hydrogens (tertiary/aromatic N) is 3. The fourth-order valence-corrected chi connectivity index (χ4v) is 4.69.